The molecule has 1 aromatic carbocycles. The molecule has 26 heavy (non-hydrogen) atoms. The number of aliphatic hydroxyl groups is 1. The molecule has 1 aromatic heterocycles. The monoisotopic (exact) mass is 354 g/mol. The lowest BCUT2D eigenvalue weighted by atomic mass is 9.62. The molecule has 0 amide bonds. The molecule has 0 bridgehead atoms. The zero-order valence-corrected chi connectivity index (χ0v) is 15.5. The van der Waals surface area contributed by atoms with Crippen LogP contribution in [0.3, 0.4) is 0 Å². The molecule has 4 heterocycles. The van der Waals surface area contributed by atoms with Gasteiger partial charge in [-0.15, -0.1) is 0 Å². The summed E-state index contributed by atoms with van der Waals surface area (Å²) in [5.41, 5.74) is 1.69. The molecule has 3 atom stereocenters. The van der Waals surface area contributed by atoms with Gasteiger partial charge in [0.25, 0.3) is 0 Å². The number of benzene rings is 1. The Balaban J connectivity index is 1.89. The van der Waals surface area contributed by atoms with E-state index in [1.165, 1.54) is 18.1 Å². The van der Waals surface area contributed by atoms with E-state index in [1.807, 2.05) is 22.8 Å². The highest BCUT2D eigenvalue weighted by Gasteiger charge is 2.60. The Kier molecular flexibility index (Phi) is 3.35. The molecular formula is C21H26N2O3. The van der Waals surface area contributed by atoms with Crippen LogP contribution in [-0.2, 0) is 21.7 Å². The topological polar surface area (TPSA) is 54.7 Å². The number of esters is 1. The Morgan fingerprint density at radius 2 is 2.15 bits per heavy atom. The highest BCUT2D eigenvalue weighted by atomic mass is 16.5. The van der Waals surface area contributed by atoms with Crippen LogP contribution in [0.1, 0.15) is 49.9 Å². The third kappa shape index (κ3) is 1.80. The molecule has 0 saturated carbocycles. The molecule has 0 aliphatic carbocycles. The van der Waals surface area contributed by atoms with Crippen LogP contribution in [0.2, 0.25) is 0 Å². The van der Waals surface area contributed by atoms with E-state index in [1.54, 1.807) is 0 Å². The van der Waals surface area contributed by atoms with Crippen molar-refractivity contribution in [2.24, 2.45) is 5.41 Å². The normalized spacial score (nSPS) is 33.1. The standard InChI is InChI=1S/C21H26N2O3/c1-3-20-10-6-11-22-12-9-15-14-7-4-5-8-16(14)23(17(15)18(20)22)21(25,13-20)19(24)26-2/h4-5,7-8,18,25H,3,6,9-13H2,1-2H3/t18-,20+,21?/m0/s1. The summed E-state index contributed by atoms with van der Waals surface area (Å²) in [6.45, 7) is 4.36. The lowest BCUT2D eigenvalue weighted by Gasteiger charge is -2.57. The summed E-state index contributed by atoms with van der Waals surface area (Å²) < 4.78 is 7.01. The molecule has 5 rings (SSSR count). The van der Waals surface area contributed by atoms with Gasteiger partial charge in [0.1, 0.15) is 0 Å². The number of aromatic nitrogens is 1. The van der Waals surface area contributed by atoms with Crippen LogP contribution in [0.5, 0.6) is 0 Å². The minimum absolute atomic E-state index is 0.0826. The quantitative estimate of drug-likeness (QED) is 0.843. The molecule has 0 radical (unpaired) electrons. The van der Waals surface area contributed by atoms with Crippen molar-refractivity contribution in [1.82, 2.24) is 9.47 Å². The largest absolute Gasteiger partial charge is 0.465 e. The van der Waals surface area contributed by atoms with Gasteiger partial charge in [-0.05, 0) is 49.3 Å². The molecule has 138 valence electrons. The minimum Gasteiger partial charge on any atom is -0.465 e. The number of fused-ring (bicyclic) bond motifs is 3. The zero-order valence-electron chi connectivity index (χ0n) is 15.5. The lowest BCUT2D eigenvalue weighted by molar-refractivity contribution is -0.194. The predicted octanol–water partition coefficient (Wildman–Crippen LogP) is 2.95. The third-order valence-electron chi connectivity index (χ3n) is 7.18. The van der Waals surface area contributed by atoms with E-state index in [9.17, 15) is 9.90 Å². The Labute approximate surface area is 153 Å². The fourth-order valence-electron chi connectivity index (χ4n) is 6.10. The van der Waals surface area contributed by atoms with E-state index in [2.05, 4.69) is 17.9 Å². The minimum atomic E-state index is -1.63. The molecule has 0 spiro atoms. The van der Waals surface area contributed by atoms with Crippen molar-refractivity contribution in [3.8, 4) is 0 Å². The van der Waals surface area contributed by atoms with Crippen molar-refractivity contribution in [2.45, 2.75) is 50.8 Å². The number of hydrogen-bond acceptors (Lipinski definition) is 4. The first-order valence-electron chi connectivity index (χ1n) is 9.73. The predicted molar refractivity (Wildman–Crippen MR) is 98.7 cm³/mol. The Hall–Kier alpha value is -1.85. The van der Waals surface area contributed by atoms with Gasteiger partial charge in [0.15, 0.2) is 0 Å². The van der Waals surface area contributed by atoms with E-state index < -0.39 is 11.7 Å². The van der Waals surface area contributed by atoms with Gasteiger partial charge in [-0.3, -0.25) is 4.90 Å². The van der Waals surface area contributed by atoms with E-state index >= 15 is 0 Å². The average molecular weight is 354 g/mol. The van der Waals surface area contributed by atoms with Crippen LogP contribution in [0.15, 0.2) is 24.3 Å². The van der Waals surface area contributed by atoms with Crippen molar-refractivity contribution in [3.63, 3.8) is 0 Å². The number of carbonyl (C=O) groups excluding carboxylic acids is 1. The Morgan fingerprint density at radius 3 is 2.92 bits per heavy atom. The summed E-state index contributed by atoms with van der Waals surface area (Å²) in [4.78, 5) is 15.4. The number of hydrogen-bond donors (Lipinski definition) is 1. The summed E-state index contributed by atoms with van der Waals surface area (Å²) in [5.74, 6) is -0.546. The molecule has 1 unspecified atom stereocenters. The van der Waals surface area contributed by atoms with Crippen molar-refractivity contribution in [3.05, 3.63) is 35.5 Å². The third-order valence-corrected chi connectivity index (χ3v) is 7.18. The fourth-order valence-corrected chi connectivity index (χ4v) is 6.10. The van der Waals surface area contributed by atoms with Crippen LogP contribution in [0, 0.1) is 5.41 Å². The van der Waals surface area contributed by atoms with Crippen LogP contribution >= 0.6 is 0 Å². The maximum atomic E-state index is 12.8. The summed E-state index contributed by atoms with van der Waals surface area (Å²) in [5, 5.41) is 12.9. The second-order valence-electron chi connectivity index (χ2n) is 8.21. The molecule has 3 aliphatic heterocycles. The molecule has 5 nitrogen and oxygen atoms in total. The van der Waals surface area contributed by atoms with E-state index in [4.69, 9.17) is 4.74 Å². The molecule has 1 N–H and O–H groups in total. The smallest absolute Gasteiger partial charge is 0.359 e. The van der Waals surface area contributed by atoms with Crippen LogP contribution in [-0.4, -0.2) is 40.7 Å². The number of piperidine rings is 1. The van der Waals surface area contributed by atoms with Crippen molar-refractivity contribution < 1.29 is 14.6 Å². The first-order chi connectivity index (χ1) is 12.6. The van der Waals surface area contributed by atoms with Gasteiger partial charge >= 0.3 is 5.97 Å². The highest BCUT2D eigenvalue weighted by molar-refractivity contribution is 5.90. The molecule has 2 aromatic rings. The van der Waals surface area contributed by atoms with Crippen molar-refractivity contribution in [2.75, 3.05) is 20.2 Å². The Morgan fingerprint density at radius 1 is 1.35 bits per heavy atom. The summed E-state index contributed by atoms with van der Waals surface area (Å²) in [6, 6.07) is 8.45. The lowest BCUT2D eigenvalue weighted by Crippen LogP contribution is -2.60. The van der Waals surface area contributed by atoms with E-state index in [0.717, 1.165) is 50.0 Å². The van der Waals surface area contributed by atoms with Gasteiger partial charge in [0.2, 0.25) is 5.72 Å². The number of methoxy groups -OCH3 is 1. The summed E-state index contributed by atoms with van der Waals surface area (Å²) in [6.07, 6.45) is 4.52. The van der Waals surface area contributed by atoms with E-state index in [0.29, 0.717) is 6.42 Å². The second kappa shape index (κ2) is 5.33. The second-order valence-corrected chi connectivity index (χ2v) is 8.21. The first kappa shape index (κ1) is 16.3. The van der Waals surface area contributed by atoms with Gasteiger partial charge in [0, 0.05) is 24.0 Å². The van der Waals surface area contributed by atoms with Gasteiger partial charge in [0.05, 0.1) is 18.7 Å². The number of nitrogens with zero attached hydrogens (tertiary/aromatic N) is 2. The number of carbonyl (C=O) groups is 1. The van der Waals surface area contributed by atoms with E-state index in [-0.39, 0.29) is 11.5 Å². The SMILES string of the molecule is CC[C@@]12CCCN3CCc4c(n(c5ccccc45)C(O)(C(=O)OC)C1)[C@H]32. The van der Waals surface area contributed by atoms with Crippen LogP contribution in [0.25, 0.3) is 10.9 Å². The van der Waals surface area contributed by atoms with Gasteiger partial charge in [-0.25, -0.2) is 4.79 Å². The van der Waals surface area contributed by atoms with Crippen molar-refractivity contribution in [1.29, 1.82) is 0 Å². The molecule has 5 heteroatoms. The number of rotatable bonds is 2. The Bertz CT molecular complexity index is 904. The maximum Gasteiger partial charge on any atom is 0.359 e. The average Bonchev–Trinajstić information content (AvgIpc) is 3.02. The molecular weight excluding hydrogens is 328 g/mol. The molecule has 3 aliphatic rings. The van der Waals surface area contributed by atoms with Gasteiger partial charge in [-0.1, -0.05) is 25.1 Å². The number of para-hydroxylation sites is 1. The van der Waals surface area contributed by atoms with Crippen LogP contribution in [0.4, 0.5) is 0 Å². The summed E-state index contributed by atoms with van der Waals surface area (Å²) >= 11 is 0. The molecule has 1 fully saturated rings. The van der Waals surface area contributed by atoms with Gasteiger partial charge < -0.3 is 14.4 Å². The van der Waals surface area contributed by atoms with Crippen molar-refractivity contribution >= 4 is 16.9 Å². The first-order valence-corrected chi connectivity index (χ1v) is 9.73. The van der Waals surface area contributed by atoms with Crippen LogP contribution < -0.4 is 0 Å². The zero-order chi connectivity index (χ0) is 18.1. The van der Waals surface area contributed by atoms with Gasteiger partial charge in [-0.2, -0.15) is 0 Å². The highest BCUT2D eigenvalue weighted by Crippen LogP contribution is 2.60. The molecule has 1 saturated heterocycles. The maximum absolute atomic E-state index is 12.8. The number of ether oxygens (including phenoxy) is 1. The summed E-state index contributed by atoms with van der Waals surface area (Å²) in [7, 11) is 1.37. The fraction of sp³-hybridized carbons (Fsp3) is 0.571.